The Balaban J connectivity index is 2.00. The zero-order valence-electron chi connectivity index (χ0n) is 9.82. The van der Waals surface area contributed by atoms with Crippen LogP contribution in [0.25, 0.3) is 0 Å². The number of rotatable bonds is 5. The topological polar surface area (TPSA) is 45.8 Å². The van der Waals surface area contributed by atoms with Gasteiger partial charge >= 0.3 is 0 Å². The summed E-state index contributed by atoms with van der Waals surface area (Å²) < 4.78 is 0. The van der Waals surface area contributed by atoms with Gasteiger partial charge in [-0.3, -0.25) is 4.79 Å². The molecule has 0 aromatic carbocycles. The minimum Gasteiger partial charge on any atom is -0.310 e. The van der Waals surface area contributed by atoms with Gasteiger partial charge in [0.15, 0.2) is 0 Å². The highest BCUT2D eigenvalue weighted by Gasteiger charge is 2.25. The highest BCUT2D eigenvalue weighted by atomic mass is 32.2. The summed E-state index contributed by atoms with van der Waals surface area (Å²) in [6.07, 6.45) is 2.38. The monoisotopic (exact) mass is 238 g/mol. The minimum atomic E-state index is -0.00273. The maximum absolute atomic E-state index is 11.4. The first-order valence-electron chi connectivity index (χ1n) is 5.83. The SMILES string of the molecule is CC(C)CSCc1nc(C2CC2)cc(=O)[nH]1. The molecule has 3 nitrogen and oxygen atoms in total. The molecule has 0 saturated heterocycles. The molecule has 4 heteroatoms. The van der Waals surface area contributed by atoms with Gasteiger partial charge in [0.2, 0.25) is 0 Å². The van der Waals surface area contributed by atoms with Crippen molar-refractivity contribution in [1.82, 2.24) is 9.97 Å². The molecule has 0 atom stereocenters. The molecule has 1 N–H and O–H groups in total. The Morgan fingerprint density at radius 2 is 2.31 bits per heavy atom. The summed E-state index contributed by atoms with van der Waals surface area (Å²) in [4.78, 5) is 18.8. The van der Waals surface area contributed by atoms with E-state index in [0.717, 1.165) is 23.0 Å². The molecule has 1 aromatic heterocycles. The summed E-state index contributed by atoms with van der Waals surface area (Å²) in [5, 5.41) is 0. The van der Waals surface area contributed by atoms with Crippen LogP contribution >= 0.6 is 11.8 Å². The van der Waals surface area contributed by atoms with Crippen molar-refractivity contribution in [3.8, 4) is 0 Å². The van der Waals surface area contributed by atoms with Crippen LogP contribution in [-0.2, 0) is 5.75 Å². The Morgan fingerprint density at radius 3 is 2.94 bits per heavy atom. The first-order chi connectivity index (χ1) is 7.65. The van der Waals surface area contributed by atoms with E-state index < -0.39 is 0 Å². The van der Waals surface area contributed by atoms with Crippen molar-refractivity contribution in [2.75, 3.05) is 5.75 Å². The van der Waals surface area contributed by atoms with Crippen molar-refractivity contribution in [3.63, 3.8) is 0 Å². The van der Waals surface area contributed by atoms with Crippen LogP contribution in [0.1, 0.15) is 44.1 Å². The van der Waals surface area contributed by atoms with Crippen LogP contribution < -0.4 is 5.56 Å². The van der Waals surface area contributed by atoms with Crippen molar-refractivity contribution in [2.24, 2.45) is 5.92 Å². The molecule has 0 unspecified atom stereocenters. The highest BCUT2D eigenvalue weighted by molar-refractivity contribution is 7.98. The molecule has 16 heavy (non-hydrogen) atoms. The summed E-state index contributed by atoms with van der Waals surface area (Å²) in [5.41, 5.74) is 0.987. The van der Waals surface area contributed by atoms with E-state index in [1.807, 2.05) is 11.8 Å². The highest BCUT2D eigenvalue weighted by Crippen LogP contribution is 2.38. The Kier molecular flexibility index (Phi) is 3.69. The standard InChI is InChI=1S/C12H18N2OS/c1-8(2)6-16-7-11-13-10(9-3-4-9)5-12(15)14-11/h5,8-9H,3-4,6-7H2,1-2H3,(H,13,14,15). The van der Waals surface area contributed by atoms with Gasteiger partial charge in [0.1, 0.15) is 5.82 Å². The quantitative estimate of drug-likeness (QED) is 0.857. The Morgan fingerprint density at radius 1 is 1.56 bits per heavy atom. The van der Waals surface area contributed by atoms with Gasteiger partial charge < -0.3 is 4.98 Å². The maximum Gasteiger partial charge on any atom is 0.251 e. The predicted molar refractivity (Wildman–Crippen MR) is 67.8 cm³/mol. The lowest BCUT2D eigenvalue weighted by Gasteiger charge is -2.05. The summed E-state index contributed by atoms with van der Waals surface area (Å²) in [5.74, 6) is 3.99. The van der Waals surface area contributed by atoms with Gasteiger partial charge in [-0.1, -0.05) is 13.8 Å². The van der Waals surface area contributed by atoms with E-state index in [1.165, 1.54) is 12.8 Å². The van der Waals surface area contributed by atoms with Gasteiger partial charge in [-0.25, -0.2) is 4.98 Å². The molecule has 1 saturated carbocycles. The van der Waals surface area contributed by atoms with Gasteiger partial charge in [-0.2, -0.15) is 11.8 Å². The average Bonchev–Trinajstić information content (AvgIpc) is 2.99. The third-order valence-electron chi connectivity index (χ3n) is 2.50. The molecule has 1 aromatic rings. The summed E-state index contributed by atoms with van der Waals surface area (Å²) in [6.45, 7) is 4.40. The third-order valence-corrected chi connectivity index (χ3v) is 3.88. The second-order valence-corrected chi connectivity index (χ2v) is 5.83. The van der Waals surface area contributed by atoms with Crippen molar-refractivity contribution >= 4 is 11.8 Å². The van der Waals surface area contributed by atoms with Gasteiger partial charge in [0, 0.05) is 12.0 Å². The molecule has 2 rings (SSSR count). The van der Waals surface area contributed by atoms with E-state index in [1.54, 1.807) is 6.07 Å². The number of nitrogens with one attached hydrogen (secondary N) is 1. The molecule has 1 heterocycles. The summed E-state index contributed by atoms with van der Waals surface area (Å²) in [7, 11) is 0. The fourth-order valence-electron chi connectivity index (χ4n) is 1.58. The lowest BCUT2D eigenvalue weighted by Crippen LogP contribution is -2.12. The normalized spacial score (nSPS) is 15.7. The second-order valence-electron chi connectivity index (χ2n) is 4.80. The number of aromatic amines is 1. The second kappa shape index (κ2) is 5.04. The minimum absolute atomic E-state index is 0.00273. The van der Waals surface area contributed by atoms with Gasteiger partial charge in [-0.15, -0.1) is 0 Å². The number of hydrogen-bond donors (Lipinski definition) is 1. The molecular formula is C12H18N2OS. The van der Waals surface area contributed by atoms with E-state index in [2.05, 4.69) is 23.8 Å². The lowest BCUT2D eigenvalue weighted by molar-refractivity contribution is 0.749. The van der Waals surface area contributed by atoms with Crippen molar-refractivity contribution < 1.29 is 0 Å². The molecule has 0 spiro atoms. The lowest BCUT2D eigenvalue weighted by atomic mass is 10.3. The van der Waals surface area contributed by atoms with Crippen LogP contribution in [0.5, 0.6) is 0 Å². The van der Waals surface area contributed by atoms with Crippen LogP contribution in [-0.4, -0.2) is 15.7 Å². The molecule has 0 amide bonds. The number of nitrogens with zero attached hydrogens (tertiary/aromatic N) is 1. The predicted octanol–water partition coefficient (Wildman–Crippen LogP) is 2.54. The number of aromatic nitrogens is 2. The fraction of sp³-hybridized carbons (Fsp3) is 0.667. The molecule has 0 radical (unpaired) electrons. The molecule has 1 fully saturated rings. The Labute approximate surface area is 100 Å². The van der Waals surface area contributed by atoms with E-state index in [9.17, 15) is 4.79 Å². The molecule has 1 aliphatic rings. The van der Waals surface area contributed by atoms with Crippen LogP contribution in [0.3, 0.4) is 0 Å². The van der Waals surface area contributed by atoms with E-state index in [4.69, 9.17) is 0 Å². The molecular weight excluding hydrogens is 220 g/mol. The Bertz CT molecular complexity index is 410. The summed E-state index contributed by atoms with van der Waals surface area (Å²) >= 11 is 1.83. The van der Waals surface area contributed by atoms with Gasteiger partial charge in [-0.05, 0) is 24.5 Å². The summed E-state index contributed by atoms with van der Waals surface area (Å²) in [6, 6.07) is 1.65. The third kappa shape index (κ3) is 3.37. The van der Waals surface area contributed by atoms with E-state index in [0.29, 0.717) is 11.8 Å². The van der Waals surface area contributed by atoms with E-state index in [-0.39, 0.29) is 5.56 Å². The van der Waals surface area contributed by atoms with Crippen LogP contribution in [0.4, 0.5) is 0 Å². The molecule has 1 aliphatic carbocycles. The van der Waals surface area contributed by atoms with Gasteiger partial charge in [0.25, 0.3) is 5.56 Å². The van der Waals surface area contributed by atoms with Crippen LogP contribution in [0.15, 0.2) is 10.9 Å². The van der Waals surface area contributed by atoms with Crippen molar-refractivity contribution in [3.05, 3.63) is 27.9 Å². The van der Waals surface area contributed by atoms with Crippen LogP contribution in [0, 0.1) is 5.92 Å². The van der Waals surface area contributed by atoms with E-state index >= 15 is 0 Å². The zero-order valence-corrected chi connectivity index (χ0v) is 10.6. The van der Waals surface area contributed by atoms with Gasteiger partial charge in [0.05, 0.1) is 11.4 Å². The number of thioether (sulfide) groups is 1. The average molecular weight is 238 g/mol. The van der Waals surface area contributed by atoms with Crippen LogP contribution in [0.2, 0.25) is 0 Å². The molecule has 0 aliphatic heterocycles. The Hall–Kier alpha value is -0.770. The maximum atomic E-state index is 11.4. The molecule has 0 bridgehead atoms. The number of hydrogen-bond acceptors (Lipinski definition) is 3. The fourth-order valence-corrected chi connectivity index (χ4v) is 2.50. The largest absolute Gasteiger partial charge is 0.310 e. The number of H-pyrrole nitrogens is 1. The van der Waals surface area contributed by atoms with Crippen molar-refractivity contribution in [1.29, 1.82) is 0 Å². The first kappa shape index (κ1) is 11.7. The smallest absolute Gasteiger partial charge is 0.251 e. The first-order valence-corrected chi connectivity index (χ1v) is 6.98. The zero-order chi connectivity index (χ0) is 11.5. The van der Waals surface area contributed by atoms with Crippen molar-refractivity contribution in [2.45, 2.75) is 38.4 Å². The molecule has 88 valence electrons.